The quantitative estimate of drug-likeness (QED) is 0.157. The Labute approximate surface area is 118 Å². The summed E-state index contributed by atoms with van der Waals surface area (Å²) >= 11 is 0. The van der Waals surface area contributed by atoms with Gasteiger partial charge in [-0.15, -0.1) is 0 Å². The average Bonchev–Trinajstić information content (AvgIpc) is 2.34. The zero-order chi connectivity index (χ0) is 15.5. The van der Waals surface area contributed by atoms with Crippen molar-refractivity contribution in [1.82, 2.24) is 26.4 Å². The van der Waals surface area contributed by atoms with Crippen LogP contribution in [0.5, 0.6) is 0 Å². The second-order valence-corrected chi connectivity index (χ2v) is 4.24. The van der Waals surface area contributed by atoms with Gasteiger partial charge in [-0.05, 0) is 13.6 Å². The van der Waals surface area contributed by atoms with Gasteiger partial charge < -0.3 is 15.8 Å². The molecule has 20 heavy (non-hydrogen) atoms. The van der Waals surface area contributed by atoms with E-state index in [0.717, 1.165) is 0 Å². The van der Waals surface area contributed by atoms with Crippen molar-refractivity contribution >= 4 is 25.9 Å². The third-order valence-corrected chi connectivity index (χ3v) is 2.02. The lowest BCUT2D eigenvalue weighted by atomic mass is 9.91. The SMILES string of the molecule is CB(O)NNC(=O)CN(CCN)CC(=O)NNB(C)O. The molecule has 8 N–H and O–H groups in total. The van der Waals surface area contributed by atoms with Crippen LogP contribution in [-0.2, 0) is 9.59 Å². The summed E-state index contributed by atoms with van der Waals surface area (Å²) in [5.74, 6) is -0.814. The van der Waals surface area contributed by atoms with E-state index < -0.39 is 25.9 Å². The van der Waals surface area contributed by atoms with Crippen molar-refractivity contribution in [2.75, 3.05) is 26.2 Å². The zero-order valence-electron chi connectivity index (χ0n) is 11.7. The van der Waals surface area contributed by atoms with E-state index in [9.17, 15) is 9.59 Å². The Hall–Kier alpha value is -1.17. The predicted molar refractivity (Wildman–Crippen MR) is 75.7 cm³/mol. The molecule has 0 aromatic heterocycles. The van der Waals surface area contributed by atoms with Crippen LogP contribution in [0, 0.1) is 0 Å². The second-order valence-electron chi connectivity index (χ2n) is 4.24. The minimum atomic E-state index is -0.875. The molecule has 0 fully saturated rings. The molecular formula is C8H22B2N6O4. The first-order valence-electron chi connectivity index (χ1n) is 6.22. The molecular weight excluding hydrogens is 266 g/mol. The Bertz CT molecular complexity index is 281. The number of nitrogens with zero attached hydrogens (tertiary/aromatic N) is 1. The summed E-state index contributed by atoms with van der Waals surface area (Å²) in [6.45, 7) is 3.43. The molecule has 0 aromatic rings. The average molecular weight is 288 g/mol. The monoisotopic (exact) mass is 288 g/mol. The molecule has 0 atom stereocenters. The fourth-order valence-electron chi connectivity index (χ4n) is 1.25. The van der Waals surface area contributed by atoms with Crippen LogP contribution in [0.25, 0.3) is 0 Å². The van der Waals surface area contributed by atoms with Gasteiger partial charge in [0, 0.05) is 13.1 Å². The third kappa shape index (κ3) is 10.7. The molecule has 0 spiro atoms. The molecule has 0 heterocycles. The van der Waals surface area contributed by atoms with Crippen LogP contribution in [0.1, 0.15) is 0 Å². The van der Waals surface area contributed by atoms with Gasteiger partial charge in [-0.2, -0.15) is 0 Å². The van der Waals surface area contributed by atoms with Gasteiger partial charge in [0.2, 0.25) is 11.8 Å². The van der Waals surface area contributed by atoms with Crippen molar-refractivity contribution < 1.29 is 19.6 Å². The van der Waals surface area contributed by atoms with E-state index in [2.05, 4.69) is 21.5 Å². The Kier molecular flexibility index (Phi) is 9.98. The number of rotatable bonds is 10. The molecule has 0 aliphatic carbocycles. The molecule has 0 bridgehead atoms. The summed E-state index contributed by atoms with van der Waals surface area (Å²) in [4.78, 5) is 24.6. The van der Waals surface area contributed by atoms with Crippen molar-refractivity contribution in [3.05, 3.63) is 0 Å². The van der Waals surface area contributed by atoms with Crippen LogP contribution < -0.4 is 27.3 Å². The lowest BCUT2D eigenvalue weighted by Gasteiger charge is -2.20. The number of nitrogens with two attached hydrogens (primary N) is 1. The lowest BCUT2D eigenvalue weighted by molar-refractivity contribution is -0.125. The Balaban J connectivity index is 4.14. The van der Waals surface area contributed by atoms with Crippen LogP contribution in [-0.4, -0.2) is 67.0 Å². The van der Waals surface area contributed by atoms with Crippen LogP contribution in [0.3, 0.4) is 0 Å². The molecule has 114 valence electrons. The van der Waals surface area contributed by atoms with E-state index >= 15 is 0 Å². The molecule has 12 heteroatoms. The highest BCUT2D eigenvalue weighted by Crippen LogP contribution is 1.87. The molecule has 2 amide bonds. The van der Waals surface area contributed by atoms with Crippen molar-refractivity contribution in [3.8, 4) is 0 Å². The highest BCUT2D eigenvalue weighted by Gasteiger charge is 2.15. The van der Waals surface area contributed by atoms with Crippen LogP contribution in [0.2, 0.25) is 13.6 Å². The minimum absolute atomic E-state index is 0.0565. The number of amides is 2. The maximum atomic E-state index is 11.5. The number of nitrogens with one attached hydrogen (secondary N) is 4. The molecule has 0 aliphatic heterocycles. The smallest absolute Gasteiger partial charge is 0.392 e. The highest BCUT2D eigenvalue weighted by atomic mass is 16.2. The molecule has 0 rings (SSSR count). The van der Waals surface area contributed by atoms with Crippen molar-refractivity contribution in [1.29, 1.82) is 0 Å². The Morgan fingerprint density at radius 1 is 1.05 bits per heavy atom. The molecule has 10 nitrogen and oxygen atoms in total. The van der Waals surface area contributed by atoms with Gasteiger partial charge in [0.15, 0.2) is 0 Å². The molecule has 0 saturated heterocycles. The van der Waals surface area contributed by atoms with Crippen molar-refractivity contribution in [2.24, 2.45) is 5.73 Å². The maximum Gasteiger partial charge on any atom is 0.392 e. The fraction of sp³-hybridized carbons (Fsp3) is 0.750. The van der Waals surface area contributed by atoms with Crippen LogP contribution in [0.4, 0.5) is 0 Å². The molecule has 0 unspecified atom stereocenters. The third-order valence-electron chi connectivity index (χ3n) is 2.02. The summed E-state index contributed by atoms with van der Waals surface area (Å²) in [5.41, 5.74) is 9.98. The lowest BCUT2D eigenvalue weighted by Crippen LogP contribution is -2.53. The fourth-order valence-corrected chi connectivity index (χ4v) is 1.25. The van der Waals surface area contributed by atoms with Crippen LogP contribution >= 0.6 is 0 Å². The molecule has 0 aliphatic rings. The van der Waals surface area contributed by atoms with E-state index in [1.807, 2.05) is 0 Å². The van der Waals surface area contributed by atoms with Gasteiger partial charge in [-0.3, -0.25) is 25.3 Å². The standard InChI is InChI=1S/C8H22B2N6O4/c1-9(19)14-12-7(17)5-16(4-3-11)6-8(18)13-15-10(2)20/h14-15,19-20H,3-6,11H2,1-2H3,(H,12,17)(H,13,18). The molecule has 0 radical (unpaired) electrons. The minimum Gasteiger partial charge on any atom is -0.436 e. The van der Waals surface area contributed by atoms with Gasteiger partial charge in [0.25, 0.3) is 0 Å². The van der Waals surface area contributed by atoms with Gasteiger partial charge in [-0.25, -0.2) is 10.7 Å². The Morgan fingerprint density at radius 2 is 1.45 bits per heavy atom. The Morgan fingerprint density at radius 3 is 1.75 bits per heavy atom. The second kappa shape index (κ2) is 10.6. The molecule has 0 aromatic carbocycles. The van der Waals surface area contributed by atoms with Gasteiger partial charge in [0.05, 0.1) is 13.1 Å². The van der Waals surface area contributed by atoms with Gasteiger partial charge in [0.1, 0.15) is 0 Å². The number of carbonyl (C=O) groups excluding carboxylic acids is 2. The van der Waals surface area contributed by atoms with E-state index in [-0.39, 0.29) is 19.6 Å². The zero-order valence-corrected chi connectivity index (χ0v) is 11.7. The normalized spacial score (nSPS) is 10.3. The summed E-state index contributed by atoms with van der Waals surface area (Å²) < 4.78 is 0. The number of hydrazine groups is 2. The van der Waals surface area contributed by atoms with Crippen molar-refractivity contribution in [3.63, 3.8) is 0 Å². The van der Waals surface area contributed by atoms with E-state index in [1.165, 1.54) is 18.5 Å². The van der Waals surface area contributed by atoms with E-state index in [1.54, 1.807) is 0 Å². The summed E-state index contributed by atoms with van der Waals surface area (Å²) in [5, 5.41) is 22.6. The first kappa shape index (κ1) is 18.8. The highest BCUT2D eigenvalue weighted by molar-refractivity contribution is 6.45. The molecule has 0 saturated carbocycles. The largest absolute Gasteiger partial charge is 0.436 e. The van der Waals surface area contributed by atoms with Gasteiger partial charge >= 0.3 is 14.1 Å². The summed E-state index contributed by atoms with van der Waals surface area (Å²) in [6, 6.07) is 0. The maximum absolute atomic E-state index is 11.5. The first-order valence-corrected chi connectivity index (χ1v) is 6.22. The predicted octanol–water partition coefficient (Wildman–Crippen LogP) is -4.29. The van der Waals surface area contributed by atoms with E-state index in [4.69, 9.17) is 15.8 Å². The van der Waals surface area contributed by atoms with Crippen LogP contribution in [0.15, 0.2) is 0 Å². The van der Waals surface area contributed by atoms with E-state index in [0.29, 0.717) is 6.54 Å². The number of hydrogen-bond acceptors (Lipinski definition) is 8. The topological polar surface area (TPSA) is 152 Å². The van der Waals surface area contributed by atoms with Gasteiger partial charge in [-0.1, -0.05) is 0 Å². The summed E-state index contributed by atoms with van der Waals surface area (Å²) in [7, 11) is -1.75. The van der Waals surface area contributed by atoms with Crippen molar-refractivity contribution in [2.45, 2.75) is 13.6 Å². The summed E-state index contributed by atoms with van der Waals surface area (Å²) in [6.07, 6.45) is 0. The first-order chi connectivity index (χ1) is 9.35. The number of carbonyl (C=O) groups is 2. The number of hydrogen-bond donors (Lipinski definition) is 7.